The van der Waals surface area contributed by atoms with Crippen molar-refractivity contribution in [2.24, 2.45) is 5.16 Å². The standard InChI is InChI=1S/C27H27N9O8S3/c1-27(2,24(42)43)44-34-17(14-8-31-25(30)47-14)20(38)33-18-21(39)36-19(23(40)41)11(9-45-22(18)36)10-46-26-32-15(28)7-16(29)35(26)12-3-5-13(37)6-4-12/h3-8,18,22H,9-10H2,1-2H3,(H9,28,29,30,31,33,34,37,38,40,41,42,43)/p+1. The van der Waals surface area contributed by atoms with Crippen LogP contribution in [0.1, 0.15) is 18.7 Å². The summed E-state index contributed by atoms with van der Waals surface area (Å²) in [5.41, 5.74) is 16.5. The van der Waals surface area contributed by atoms with Crippen molar-refractivity contribution in [2.75, 3.05) is 28.7 Å². The summed E-state index contributed by atoms with van der Waals surface area (Å²) in [6.45, 7) is 2.48. The molecule has 2 amide bonds. The first-order valence-corrected chi connectivity index (χ1v) is 16.4. The molecule has 0 saturated carbocycles. The van der Waals surface area contributed by atoms with E-state index < -0.39 is 40.8 Å². The maximum Gasteiger partial charge on any atom is 0.352 e. The predicted octanol–water partition coefficient (Wildman–Crippen LogP) is 0.382. The molecule has 2 aromatic heterocycles. The van der Waals surface area contributed by atoms with E-state index in [2.05, 4.69) is 20.4 Å². The van der Waals surface area contributed by atoms with E-state index in [0.717, 1.165) is 28.0 Å². The number of phenolic OH excluding ortho intramolecular Hbond substituents is 1. The van der Waals surface area contributed by atoms with Crippen LogP contribution >= 0.6 is 34.9 Å². The van der Waals surface area contributed by atoms with Gasteiger partial charge in [0.1, 0.15) is 28.5 Å². The van der Waals surface area contributed by atoms with Crippen LogP contribution in [0.3, 0.4) is 0 Å². The van der Waals surface area contributed by atoms with Gasteiger partial charge in [0.25, 0.3) is 11.8 Å². The van der Waals surface area contributed by atoms with Crippen LogP contribution in [0.5, 0.6) is 5.75 Å². The summed E-state index contributed by atoms with van der Waals surface area (Å²) in [5, 5.41) is 35.2. The fourth-order valence-electron chi connectivity index (χ4n) is 4.43. The Morgan fingerprint density at radius 2 is 1.91 bits per heavy atom. The van der Waals surface area contributed by atoms with Gasteiger partial charge in [0.05, 0.1) is 10.9 Å². The molecule has 47 heavy (non-hydrogen) atoms. The Morgan fingerprint density at radius 1 is 1.21 bits per heavy atom. The number of hydrogen-bond acceptors (Lipinski definition) is 15. The zero-order valence-electron chi connectivity index (χ0n) is 24.6. The Kier molecular flexibility index (Phi) is 9.18. The largest absolute Gasteiger partial charge is 0.508 e. The number of thiazole rings is 1. The zero-order valence-corrected chi connectivity index (χ0v) is 27.1. The number of β-lactam (4-membered cyclic amide) rings is 1. The maximum atomic E-state index is 13.3. The van der Waals surface area contributed by atoms with E-state index in [1.54, 1.807) is 16.7 Å². The molecular weight excluding hydrogens is 675 g/mol. The minimum absolute atomic E-state index is 0.0523. The summed E-state index contributed by atoms with van der Waals surface area (Å²) in [7, 11) is 0. The number of hydrogen-bond donors (Lipinski definition) is 7. The van der Waals surface area contributed by atoms with Gasteiger partial charge in [0.15, 0.2) is 10.8 Å². The third-order valence-corrected chi connectivity index (χ3v) is 10.0. The number of thioether (sulfide) groups is 2. The van der Waals surface area contributed by atoms with Crippen molar-refractivity contribution in [3.05, 3.63) is 52.7 Å². The number of oxime groups is 1. The van der Waals surface area contributed by atoms with Gasteiger partial charge in [-0.15, -0.1) is 11.8 Å². The quantitative estimate of drug-likeness (QED) is 0.0355. The second kappa shape index (κ2) is 13.0. The summed E-state index contributed by atoms with van der Waals surface area (Å²) in [6, 6.07) is 6.56. The predicted molar refractivity (Wildman–Crippen MR) is 173 cm³/mol. The molecule has 4 heterocycles. The summed E-state index contributed by atoms with van der Waals surface area (Å²) >= 11 is 3.30. The minimum Gasteiger partial charge on any atom is -0.508 e. The fourth-order valence-corrected chi connectivity index (χ4v) is 7.62. The Hall–Kier alpha value is -5.08. The van der Waals surface area contributed by atoms with Gasteiger partial charge in [-0.05, 0) is 55.4 Å². The highest BCUT2D eigenvalue weighted by atomic mass is 32.2. The Balaban J connectivity index is 1.36. The first-order valence-electron chi connectivity index (χ1n) is 13.5. The lowest BCUT2D eigenvalue weighted by atomic mass is 10.0. The number of fused-ring (bicyclic) bond motifs is 1. The van der Waals surface area contributed by atoms with Crippen molar-refractivity contribution in [3.8, 4) is 11.4 Å². The van der Waals surface area contributed by atoms with Crippen molar-refractivity contribution in [1.29, 1.82) is 0 Å². The molecule has 10 N–H and O–H groups in total. The summed E-state index contributed by atoms with van der Waals surface area (Å²) in [4.78, 5) is 65.3. The van der Waals surface area contributed by atoms with E-state index >= 15 is 0 Å². The van der Waals surface area contributed by atoms with Crippen LogP contribution in [-0.2, 0) is 24.0 Å². The molecule has 17 nitrogen and oxygen atoms in total. The average molecular weight is 703 g/mol. The van der Waals surface area contributed by atoms with Crippen molar-refractivity contribution in [1.82, 2.24) is 20.2 Å². The number of carboxylic acid groups (broad SMARTS) is 2. The lowest BCUT2D eigenvalue weighted by Gasteiger charge is -2.49. The molecule has 0 radical (unpaired) electrons. The molecule has 20 heteroatoms. The second-order valence-corrected chi connectivity index (χ2v) is 13.7. The van der Waals surface area contributed by atoms with Crippen molar-refractivity contribution >= 4 is 81.1 Å². The number of nitrogens with two attached hydrogens (primary N) is 3. The smallest absolute Gasteiger partial charge is 0.352 e. The van der Waals surface area contributed by atoms with Gasteiger partial charge in [0, 0.05) is 17.7 Å². The van der Waals surface area contributed by atoms with Gasteiger partial charge in [0.2, 0.25) is 17.2 Å². The molecule has 2 unspecified atom stereocenters. The maximum absolute atomic E-state index is 13.3. The van der Waals surface area contributed by atoms with Gasteiger partial charge >= 0.3 is 17.1 Å². The zero-order chi connectivity index (χ0) is 34.2. The number of nitrogens with one attached hydrogen (secondary N) is 1. The monoisotopic (exact) mass is 702 g/mol. The van der Waals surface area contributed by atoms with Crippen molar-refractivity contribution in [2.45, 2.75) is 36.0 Å². The highest BCUT2D eigenvalue weighted by Crippen LogP contribution is 2.41. The summed E-state index contributed by atoms with van der Waals surface area (Å²) < 4.78 is 1.59. The first-order chi connectivity index (χ1) is 22.2. The summed E-state index contributed by atoms with van der Waals surface area (Å²) in [5.74, 6) is -3.45. The lowest BCUT2D eigenvalue weighted by Crippen LogP contribution is -2.71. The molecule has 2 aliphatic rings. The minimum atomic E-state index is -1.78. The number of aromatic nitrogens is 3. The number of carboxylic acids is 2. The number of phenols is 1. The van der Waals surface area contributed by atoms with E-state index in [-0.39, 0.29) is 50.3 Å². The summed E-state index contributed by atoms with van der Waals surface area (Å²) in [6.07, 6.45) is 1.25. The molecule has 0 spiro atoms. The molecule has 1 saturated heterocycles. The number of amides is 2. The molecule has 0 aliphatic carbocycles. The molecule has 0 bridgehead atoms. The van der Waals surface area contributed by atoms with Crippen LogP contribution in [0, 0.1) is 0 Å². The number of nitrogen functional groups attached to an aromatic ring is 3. The van der Waals surface area contributed by atoms with Crippen molar-refractivity contribution < 1.29 is 43.9 Å². The van der Waals surface area contributed by atoms with Gasteiger partial charge < -0.3 is 42.7 Å². The van der Waals surface area contributed by atoms with E-state index in [9.17, 15) is 34.5 Å². The molecule has 1 fully saturated rings. The third kappa shape index (κ3) is 6.74. The highest BCUT2D eigenvalue weighted by Gasteiger charge is 2.54. The van der Waals surface area contributed by atoms with Gasteiger partial charge in [-0.2, -0.15) is 4.57 Å². The number of aromatic hydroxyl groups is 1. The number of aliphatic carboxylic acids is 2. The number of rotatable bonds is 11. The second-order valence-electron chi connectivity index (χ2n) is 10.6. The molecular formula is C27H28N9O8S3+. The van der Waals surface area contributed by atoms with Gasteiger partial charge in [-0.3, -0.25) is 14.5 Å². The van der Waals surface area contributed by atoms with Crippen molar-refractivity contribution in [3.63, 3.8) is 0 Å². The van der Waals surface area contributed by atoms with Crippen LogP contribution < -0.4 is 27.1 Å². The Morgan fingerprint density at radius 3 is 2.53 bits per heavy atom. The molecule has 246 valence electrons. The molecule has 2 atom stereocenters. The van der Waals surface area contributed by atoms with Crippen LogP contribution in [0.4, 0.5) is 16.8 Å². The molecule has 5 rings (SSSR count). The topological polar surface area (TPSA) is 274 Å². The van der Waals surface area contributed by atoms with Gasteiger partial charge in [-0.1, -0.05) is 21.5 Å². The third-order valence-electron chi connectivity index (χ3n) is 6.84. The molecule has 3 aromatic rings. The van der Waals surface area contributed by atoms with Gasteiger partial charge in [-0.25, -0.2) is 14.6 Å². The van der Waals surface area contributed by atoms with E-state index in [4.69, 9.17) is 22.0 Å². The Labute approximate surface area is 278 Å². The lowest BCUT2D eigenvalue weighted by molar-refractivity contribution is -0.626. The average Bonchev–Trinajstić information content (AvgIpc) is 3.44. The first kappa shape index (κ1) is 33.3. The number of nitrogens with zero attached hydrogens (tertiary/aromatic N) is 5. The number of benzene rings is 1. The van der Waals surface area contributed by atoms with E-state index in [1.165, 1.54) is 50.0 Å². The molecule has 1 aromatic carbocycles. The van der Waals surface area contributed by atoms with Crippen LogP contribution in [0.25, 0.3) is 5.69 Å². The van der Waals surface area contributed by atoms with E-state index in [0.29, 0.717) is 16.4 Å². The molecule has 2 aliphatic heterocycles. The van der Waals surface area contributed by atoms with E-state index in [1.807, 2.05) is 0 Å². The van der Waals surface area contributed by atoms with Crippen LogP contribution in [0.15, 0.2) is 58.1 Å². The van der Waals surface area contributed by atoms with Crippen LogP contribution in [0.2, 0.25) is 0 Å². The number of carbonyl (C=O) groups is 4. The van der Waals surface area contributed by atoms with Crippen LogP contribution in [-0.4, -0.2) is 88.2 Å². The number of anilines is 3. The number of carbonyl (C=O) groups excluding carboxylic acids is 2. The SMILES string of the molecule is CC(C)(O/N=C(\C(=O)NC1C(=O)N2C(C(=O)O)=C(CSc3nc(N)cc(N)[n+]3-c3ccc(O)cc3)CSC12)c1cnc(N)s1)C(=O)O. The normalized spacial score (nSPS) is 18.0. The highest BCUT2D eigenvalue weighted by molar-refractivity contribution is 8.01. The fraction of sp³-hybridized carbons (Fsp3) is 0.259. The Bertz CT molecular complexity index is 1840.